The number of rotatable bonds is 10. The predicted octanol–water partition coefficient (Wildman–Crippen LogP) is 5.50. The first-order chi connectivity index (χ1) is 13.7. The van der Waals surface area contributed by atoms with Crippen molar-refractivity contribution in [2.75, 3.05) is 26.2 Å². The quantitative estimate of drug-likeness (QED) is 0.457. The van der Waals surface area contributed by atoms with Gasteiger partial charge in [0.05, 0.1) is 0 Å². The summed E-state index contributed by atoms with van der Waals surface area (Å²) >= 11 is 6.10. The third kappa shape index (κ3) is 5.48. The second-order valence-corrected chi connectivity index (χ2v) is 7.32. The number of nitrogens with one attached hydrogen (secondary N) is 1. The molecule has 0 bridgehead atoms. The Bertz CT molecular complexity index is 893. The summed E-state index contributed by atoms with van der Waals surface area (Å²) in [5.74, 6) is 0.925. The summed E-state index contributed by atoms with van der Waals surface area (Å²) in [6.45, 7) is 9.88. The van der Waals surface area contributed by atoms with E-state index >= 15 is 0 Å². The molecule has 0 unspecified atom stereocenters. The van der Waals surface area contributed by atoms with Crippen molar-refractivity contribution in [1.29, 1.82) is 0 Å². The van der Waals surface area contributed by atoms with E-state index in [4.69, 9.17) is 16.3 Å². The minimum absolute atomic E-state index is 0.505. The lowest BCUT2D eigenvalue weighted by Crippen LogP contribution is -2.31. The van der Waals surface area contributed by atoms with Crippen LogP contribution in [-0.4, -0.2) is 31.1 Å². The van der Waals surface area contributed by atoms with Crippen LogP contribution in [0, 0.1) is 0 Å². The monoisotopic (exact) mass is 396 g/mol. The Morgan fingerprint density at radius 1 is 0.964 bits per heavy atom. The number of hydrogen-bond acceptors (Lipinski definition) is 3. The summed E-state index contributed by atoms with van der Waals surface area (Å²) in [6, 6.07) is 20.5. The molecule has 148 valence electrons. The Balaban J connectivity index is 1.74. The molecule has 0 saturated heterocycles. The van der Waals surface area contributed by atoms with Gasteiger partial charge in [-0.2, -0.15) is 0 Å². The van der Waals surface area contributed by atoms with Crippen LogP contribution in [0.1, 0.15) is 25.0 Å². The van der Waals surface area contributed by atoms with E-state index in [1.54, 1.807) is 0 Å². The van der Waals surface area contributed by atoms with Crippen LogP contribution in [0.4, 0.5) is 0 Å². The number of halogens is 1. The molecule has 0 spiro atoms. The molecule has 0 aliphatic rings. The molecule has 0 aliphatic heterocycles. The van der Waals surface area contributed by atoms with Gasteiger partial charge in [-0.15, -0.1) is 0 Å². The number of benzene rings is 3. The minimum Gasteiger partial charge on any atom is -0.489 e. The van der Waals surface area contributed by atoms with Crippen LogP contribution in [0.15, 0.2) is 60.7 Å². The van der Waals surface area contributed by atoms with Gasteiger partial charge in [-0.25, -0.2) is 0 Å². The summed E-state index contributed by atoms with van der Waals surface area (Å²) in [6.07, 6.45) is 0. The summed E-state index contributed by atoms with van der Waals surface area (Å²) in [7, 11) is 0. The lowest BCUT2D eigenvalue weighted by atomic mass is 10.0. The van der Waals surface area contributed by atoms with E-state index in [0.29, 0.717) is 6.61 Å². The van der Waals surface area contributed by atoms with E-state index in [9.17, 15) is 0 Å². The fourth-order valence-corrected chi connectivity index (χ4v) is 3.62. The fraction of sp³-hybridized carbons (Fsp3) is 0.333. The molecule has 0 radical (unpaired) electrons. The largest absolute Gasteiger partial charge is 0.489 e. The van der Waals surface area contributed by atoms with Crippen molar-refractivity contribution in [3.63, 3.8) is 0 Å². The number of fused-ring (bicyclic) bond motifs is 1. The van der Waals surface area contributed by atoms with Gasteiger partial charge in [0.2, 0.25) is 0 Å². The molecule has 0 fully saturated rings. The Morgan fingerprint density at radius 2 is 1.79 bits per heavy atom. The van der Waals surface area contributed by atoms with E-state index < -0.39 is 0 Å². The highest BCUT2D eigenvalue weighted by Gasteiger charge is 2.10. The number of nitrogens with zero attached hydrogens (tertiary/aromatic N) is 1. The van der Waals surface area contributed by atoms with Crippen molar-refractivity contribution in [3.05, 3.63) is 76.8 Å². The molecule has 0 saturated carbocycles. The van der Waals surface area contributed by atoms with E-state index in [0.717, 1.165) is 49.1 Å². The van der Waals surface area contributed by atoms with Crippen LogP contribution >= 0.6 is 11.6 Å². The average molecular weight is 397 g/mol. The van der Waals surface area contributed by atoms with Gasteiger partial charge in [-0.05, 0) is 47.6 Å². The zero-order chi connectivity index (χ0) is 19.8. The van der Waals surface area contributed by atoms with Crippen molar-refractivity contribution < 1.29 is 4.74 Å². The first-order valence-corrected chi connectivity index (χ1v) is 10.4. The van der Waals surface area contributed by atoms with Crippen molar-refractivity contribution in [2.45, 2.75) is 27.0 Å². The van der Waals surface area contributed by atoms with Crippen LogP contribution in [-0.2, 0) is 13.2 Å². The fourth-order valence-electron chi connectivity index (χ4n) is 3.41. The number of likely N-dealkylation sites (N-methyl/N-ethyl adjacent to an activating group) is 1. The standard InChI is InChI=1S/C24H29ClN2O/c1-3-27(4-2)15-14-26-17-23-22-11-6-5-9-20(22)12-13-24(23)28-18-19-8-7-10-21(25)16-19/h5-13,16,26H,3-4,14-15,17-18H2,1-2H3. The normalized spacial score (nSPS) is 11.3. The zero-order valence-corrected chi connectivity index (χ0v) is 17.5. The number of ether oxygens (including phenoxy) is 1. The molecule has 3 aromatic carbocycles. The topological polar surface area (TPSA) is 24.5 Å². The summed E-state index contributed by atoms with van der Waals surface area (Å²) in [5, 5.41) is 6.80. The van der Waals surface area contributed by atoms with E-state index in [1.165, 1.54) is 16.3 Å². The molecular weight excluding hydrogens is 368 g/mol. The van der Waals surface area contributed by atoms with Crippen LogP contribution in [0.5, 0.6) is 5.75 Å². The van der Waals surface area contributed by atoms with Gasteiger partial charge in [0.25, 0.3) is 0 Å². The molecule has 0 heterocycles. The maximum Gasteiger partial charge on any atom is 0.124 e. The van der Waals surface area contributed by atoms with Crippen LogP contribution < -0.4 is 10.1 Å². The Labute approximate surface area is 173 Å². The number of hydrogen-bond donors (Lipinski definition) is 1. The van der Waals surface area contributed by atoms with Crippen LogP contribution in [0.3, 0.4) is 0 Å². The smallest absolute Gasteiger partial charge is 0.124 e. The second kappa shape index (κ2) is 10.5. The Kier molecular flexibility index (Phi) is 7.72. The molecule has 0 aliphatic carbocycles. The van der Waals surface area contributed by atoms with Gasteiger partial charge in [0.15, 0.2) is 0 Å². The lowest BCUT2D eigenvalue weighted by Gasteiger charge is -2.19. The van der Waals surface area contributed by atoms with Gasteiger partial charge in [0.1, 0.15) is 12.4 Å². The summed E-state index contributed by atoms with van der Waals surface area (Å²) in [5.41, 5.74) is 2.28. The van der Waals surface area contributed by atoms with Crippen molar-refractivity contribution in [2.24, 2.45) is 0 Å². The lowest BCUT2D eigenvalue weighted by molar-refractivity contribution is 0.296. The molecule has 1 N–H and O–H groups in total. The zero-order valence-electron chi connectivity index (χ0n) is 16.7. The van der Waals surface area contributed by atoms with E-state index in [2.05, 4.69) is 60.5 Å². The van der Waals surface area contributed by atoms with Crippen molar-refractivity contribution in [1.82, 2.24) is 10.2 Å². The molecule has 3 rings (SSSR count). The molecule has 3 nitrogen and oxygen atoms in total. The maximum absolute atomic E-state index is 6.20. The molecular formula is C24H29ClN2O. The minimum atomic E-state index is 0.505. The van der Waals surface area contributed by atoms with Gasteiger partial charge in [-0.1, -0.05) is 67.9 Å². The predicted molar refractivity (Wildman–Crippen MR) is 119 cm³/mol. The summed E-state index contributed by atoms with van der Waals surface area (Å²) in [4.78, 5) is 2.42. The highest BCUT2D eigenvalue weighted by molar-refractivity contribution is 6.30. The Morgan fingerprint density at radius 3 is 2.57 bits per heavy atom. The SMILES string of the molecule is CCN(CC)CCNCc1c(OCc2cccc(Cl)c2)ccc2ccccc12. The van der Waals surface area contributed by atoms with E-state index in [1.807, 2.05) is 24.3 Å². The molecule has 28 heavy (non-hydrogen) atoms. The van der Waals surface area contributed by atoms with Crippen LogP contribution in [0.25, 0.3) is 10.8 Å². The van der Waals surface area contributed by atoms with Gasteiger partial charge in [-0.3, -0.25) is 0 Å². The maximum atomic E-state index is 6.20. The highest BCUT2D eigenvalue weighted by atomic mass is 35.5. The Hall–Kier alpha value is -2.07. The van der Waals surface area contributed by atoms with Crippen molar-refractivity contribution >= 4 is 22.4 Å². The highest BCUT2D eigenvalue weighted by Crippen LogP contribution is 2.29. The van der Waals surface area contributed by atoms with Crippen molar-refractivity contribution in [3.8, 4) is 5.75 Å². The molecule has 0 aromatic heterocycles. The first kappa shape index (κ1) is 20.7. The van der Waals surface area contributed by atoms with Gasteiger partial charge < -0.3 is 15.0 Å². The van der Waals surface area contributed by atoms with E-state index in [-0.39, 0.29) is 0 Å². The van der Waals surface area contributed by atoms with Gasteiger partial charge in [0, 0.05) is 30.2 Å². The molecule has 4 heteroatoms. The third-order valence-electron chi connectivity index (χ3n) is 5.08. The molecule has 0 atom stereocenters. The molecule has 3 aromatic rings. The van der Waals surface area contributed by atoms with Gasteiger partial charge >= 0.3 is 0 Å². The average Bonchev–Trinajstić information content (AvgIpc) is 2.73. The first-order valence-electron chi connectivity index (χ1n) is 10.0. The third-order valence-corrected chi connectivity index (χ3v) is 5.32. The molecule has 0 amide bonds. The summed E-state index contributed by atoms with van der Waals surface area (Å²) < 4.78 is 6.20. The van der Waals surface area contributed by atoms with Crippen LogP contribution in [0.2, 0.25) is 5.02 Å². The second-order valence-electron chi connectivity index (χ2n) is 6.89.